The predicted octanol–water partition coefficient (Wildman–Crippen LogP) is 3.33. The number of rotatable bonds is 4. The molecule has 1 saturated heterocycles. The van der Waals surface area contributed by atoms with Gasteiger partial charge in [-0.05, 0) is 59.4 Å². The number of nitrogens with zero attached hydrogens (tertiary/aromatic N) is 1. The number of hydrogen-bond acceptors (Lipinski definition) is 3. The van der Waals surface area contributed by atoms with E-state index in [0.717, 1.165) is 30.5 Å². The Kier molecular flexibility index (Phi) is 5.47. The molecule has 0 aromatic heterocycles. The molecule has 4 heteroatoms. The molecule has 3 unspecified atom stereocenters. The number of halogens is 1. The molecule has 0 saturated carbocycles. The van der Waals surface area contributed by atoms with Gasteiger partial charge in [-0.3, -0.25) is 0 Å². The standard InChI is InChI=1S/C16H25BrN2O/c1-4-18-12(3)13-5-6-15(14(17)9-13)19-8-7-11(2)16(20)10-19/h5-6,9,11-12,16,18,20H,4,7-8,10H2,1-3H3. The van der Waals surface area contributed by atoms with Gasteiger partial charge in [0.15, 0.2) is 0 Å². The minimum Gasteiger partial charge on any atom is -0.391 e. The molecule has 1 aliphatic heterocycles. The first kappa shape index (κ1) is 15.8. The first-order valence-electron chi connectivity index (χ1n) is 7.48. The number of anilines is 1. The van der Waals surface area contributed by atoms with Gasteiger partial charge in [0.25, 0.3) is 0 Å². The van der Waals surface area contributed by atoms with Gasteiger partial charge in [0.05, 0.1) is 11.8 Å². The van der Waals surface area contributed by atoms with E-state index in [1.165, 1.54) is 11.3 Å². The number of nitrogens with one attached hydrogen (secondary N) is 1. The molecule has 3 nitrogen and oxygen atoms in total. The van der Waals surface area contributed by atoms with Gasteiger partial charge < -0.3 is 15.3 Å². The van der Waals surface area contributed by atoms with Crippen molar-refractivity contribution in [1.82, 2.24) is 5.32 Å². The number of aliphatic hydroxyl groups is 1. The molecule has 3 atom stereocenters. The van der Waals surface area contributed by atoms with Crippen LogP contribution in [-0.4, -0.2) is 30.8 Å². The van der Waals surface area contributed by atoms with Gasteiger partial charge in [0, 0.05) is 23.6 Å². The zero-order chi connectivity index (χ0) is 14.7. The molecule has 0 bridgehead atoms. The number of piperidine rings is 1. The molecule has 1 aliphatic rings. The molecule has 1 fully saturated rings. The fourth-order valence-electron chi connectivity index (χ4n) is 2.74. The van der Waals surface area contributed by atoms with Crippen LogP contribution in [0.1, 0.15) is 38.8 Å². The second-order valence-electron chi connectivity index (χ2n) is 5.77. The van der Waals surface area contributed by atoms with E-state index in [1.54, 1.807) is 0 Å². The van der Waals surface area contributed by atoms with Crippen molar-refractivity contribution in [3.05, 3.63) is 28.2 Å². The van der Waals surface area contributed by atoms with Gasteiger partial charge in [0.1, 0.15) is 0 Å². The van der Waals surface area contributed by atoms with E-state index in [1.807, 2.05) is 0 Å². The van der Waals surface area contributed by atoms with E-state index in [2.05, 4.69) is 65.1 Å². The topological polar surface area (TPSA) is 35.5 Å². The maximum Gasteiger partial charge on any atom is 0.0741 e. The monoisotopic (exact) mass is 340 g/mol. The molecular formula is C16H25BrN2O. The van der Waals surface area contributed by atoms with Gasteiger partial charge in [0.2, 0.25) is 0 Å². The Bertz CT molecular complexity index is 452. The molecule has 1 heterocycles. The van der Waals surface area contributed by atoms with E-state index in [4.69, 9.17) is 0 Å². The Morgan fingerprint density at radius 1 is 1.50 bits per heavy atom. The van der Waals surface area contributed by atoms with Crippen LogP contribution in [0.2, 0.25) is 0 Å². The maximum absolute atomic E-state index is 10.0. The van der Waals surface area contributed by atoms with Crippen molar-refractivity contribution >= 4 is 21.6 Å². The molecule has 0 aliphatic carbocycles. The third-order valence-corrected chi connectivity index (χ3v) is 4.88. The van der Waals surface area contributed by atoms with E-state index < -0.39 is 0 Å². The Labute approximate surface area is 130 Å². The summed E-state index contributed by atoms with van der Waals surface area (Å²) in [7, 11) is 0. The van der Waals surface area contributed by atoms with Gasteiger partial charge in [-0.2, -0.15) is 0 Å². The van der Waals surface area contributed by atoms with E-state index in [-0.39, 0.29) is 6.10 Å². The van der Waals surface area contributed by atoms with Crippen LogP contribution in [-0.2, 0) is 0 Å². The lowest BCUT2D eigenvalue weighted by atomic mass is 9.95. The van der Waals surface area contributed by atoms with Crippen LogP contribution in [0.25, 0.3) is 0 Å². The summed E-state index contributed by atoms with van der Waals surface area (Å²) < 4.78 is 1.11. The van der Waals surface area contributed by atoms with Gasteiger partial charge in [-0.15, -0.1) is 0 Å². The lowest BCUT2D eigenvalue weighted by molar-refractivity contribution is 0.103. The SMILES string of the molecule is CCNC(C)c1ccc(N2CCC(C)C(O)C2)c(Br)c1. The van der Waals surface area contributed by atoms with Crippen LogP contribution < -0.4 is 10.2 Å². The Balaban J connectivity index is 2.13. The molecule has 112 valence electrons. The quantitative estimate of drug-likeness (QED) is 0.882. The smallest absolute Gasteiger partial charge is 0.0741 e. The molecule has 0 spiro atoms. The minimum atomic E-state index is -0.226. The molecule has 1 aromatic rings. The lowest BCUT2D eigenvalue weighted by Gasteiger charge is -2.36. The summed E-state index contributed by atoms with van der Waals surface area (Å²) in [6.07, 6.45) is 0.819. The second kappa shape index (κ2) is 6.92. The highest BCUT2D eigenvalue weighted by molar-refractivity contribution is 9.10. The summed E-state index contributed by atoms with van der Waals surface area (Å²) in [6, 6.07) is 6.89. The minimum absolute atomic E-state index is 0.226. The highest BCUT2D eigenvalue weighted by Gasteiger charge is 2.25. The van der Waals surface area contributed by atoms with Crippen molar-refractivity contribution in [1.29, 1.82) is 0 Å². The zero-order valence-corrected chi connectivity index (χ0v) is 14.2. The summed E-state index contributed by atoms with van der Waals surface area (Å²) in [4.78, 5) is 2.27. The summed E-state index contributed by atoms with van der Waals surface area (Å²) in [5, 5.41) is 13.5. The number of benzene rings is 1. The van der Waals surface area contributed by atoms with Crippen molar-refractivity contribution < 1.29 is 5.11 Å². The van der Waals surface area contributed by atoms with Crippen molar-refractivity contribution in [3.63, 3.8) is 0 Å². The summed E-state index contributed by atoms with van der Waals surface area (Å²) >= 11 is 3.69. The van der Waals surface area contributed by atoms with Crippen LogP contribution in [0.4, 0.5) is 5.69 Å². The second-order valence-corrected chi connectivity index (χ2v) is 6.62. The third-order valence-electron chi connectivity index (χ3n) is 4.24. The highest BCUT2D eigenvalue weighted by Crippen LogP contribution is 2.32. The third kappa shape index (κ3) is 3.54. The Morgan fingerprint density at radius 3 is 2.85 bits per heavy atom. The fourth-order valence-corrected chi connectivity index (χ4v) is 3.39. The fraction of sp³-hybridized carbons (Fsp3) is 0.625. The molecule has 2 N–H and O–H groups in total. The predicted molar refractivity (Wildman–Crippen MR) is 88.2 cm³/mol. The summed E-state index contributed by atoms with van der Waals surface area (Å²) in [6.45, 7) is 9.13. The highest BCUT2D eigenvalue weighted by atomic mass is 79.9. The lowest BCUT2D eigenvalue weighted by Crippen LogP contribution is -2.43. The van der Waals surface area contributed by atoms with E-state index in [9.17, 15) is 5.11 Å². The molecular weight excluding hydrogens is 316 g/mol. The molecule has 20 heavy (non-hydrogen) atoms. The van der Waals surface area contributed by atoms with Crippen LogP contribution in [0, 0.1) is 5.92 Å². The number of β-amino-alcohol motifs (C(OH)–C–C–N with tert-alkyl or cyclic N) is 1. The Hall–Kier alpha value is -0.580. The van der Waals surface area contributed by atoms with Crippen molar-refractivity contribution in [2.75, 3.05) is 24.5 Å². The van der Waals surface area contributed by atoms with Crippen molar-refractivity contribution in [3.8, 4) is 0 Å². The van der Waals surface area contributed by atoms with E-state index in [0.29, 0.717) is 12.0 Å². The molecule has 1 aromatic carbocycles. The van der Waals surface area contributed by atoms with Gasteiger partial charge in [-0.1, -0.05) is 19.9 Å². The first-order valence-corrected chi connectivity index (χ1v) is 8.28. The largest absolute Gasteiger partial charge is 0.391 e. The normalized spacial score (nSPS) is 24.8. The van der Waals surface area contributed by atoms with Crippen LogP contribution >= 0.6 is 15.9 Å². The summed E-state index contributed by atoms with van der Waals surface area (Å²) in [5.41, 5.74) is 2.47. The van der Waals surface area contributed by atoms with Crippen molar-refractivity contribution in [2.24, 2.45) is 5.92 Å². The zero-order valence-electron chi connectivity index (χ0n) is 12.6. The van der Waals surface area contributed by atoms with Crippen LogP contribution in [0.3, 0.4) is 0 Å². The summed E-state index contributed by atoms with van der Waals surface area (Å²) in [5.74, 6) is 0.401. The first-order chi connectivity index (χ1) is 9.52. The van der Waals surface area contributed by atoms with Crippen molar-refractivity contribution in [2.45, 2.75) is 39.3 Å². The average molecular weight is 341 g/mol. The number of hydrogen-bond donors (Lipinski definition) is 2. The van der Waals surface area contributed by atoms with E-state index >= 15 is 0 Å². The molecule has 0 radical (unpaired) electrons. The van der Waals surface area contributed by atoms with Gasteiger partial charge >= 0.3 is 0 Å². The van der Waals surface area contributed by atoms with Crippen LogP contribution in [0.15, 0.2) is 22.7 Å². The number of aliphatic hydroxyl groups excluding tert-OH is 1. The maximum atomic E-state index is 10.0. The van der Waals surface area contributed by atoms with Crippen LogP contribution in [0.5, 0.6) is 0 Å². The molecule has 0 amide bonds. The molecule has 2 rings (SSSR count). The Morgan fingerprint density at radius 2 is 2.25 bits per heavy atom. The van der Waals surface area contributed by atoms with Gasteiger partial charge in [-0.25, -0.2) is 0 Å². The average Bonchev–Trinajstić information content (AvgIpc) is 2.42.